The normalized spacial score (nSPS) is 13.6. The molecule has 220 valence electrons. The number of allylic oxidation sites excluding steroid dienone is 1. The highest BCUT2D eigenvalue weighted by Crippen LogP contribution is 2.43. The fraction of sp³-hybridized carbons (Fsp3) is 0.167. The van der Waals surface area contributed by atoms with E-state index in [4.69, 9.17) is 34.8 Å². The molecule has 0 fully saturated rings. The molecule has 0 aliphatic carbocycles. The van der Waals surface area contributed by atoms with Gasteiger partial charge in [-0.2, -0.15) is 39.5 Å². The molecule has 0 bridgehead atoms. The van der Waals surface area contributed by atoms with Crippen molar-refractivity contribution < 1.29 is 48.7 Å². The molecule has 3 aromatic rings. The number of carbonyl (C=O) groups excluding carboxylic acids is 1. The van der Waals surface area contributed by atoms with Crippen molar-refractivity contribution in [2.24, 2.45) is 0 Å². The van der Waals surface area contributed by atoms with Crippen LogP contribution in [-0.2, 0) is 12.4 Å². The number of nitrogens with one attached hydrogen (secondary N) is 2. The minimum atomic E-state index is -5.31. The third kappa shape index (κ3) is 7.95. The number of pyridine rings is 1. The van der Waals surface area contributed by atoms with Crippen molar-refractivity contribution in [2.45, 2.75) is 24.4 Å². The minimum absolute atomic E-state index is 0.00794. The van der Waals surface area contributed by atoms with E-state index in [-0.39, 0.29) is 27.2 Å². The summed E-state index contributed by atoms with van der Waals surface area (Å²) in [6.45, 7) is 0. The number of benzene rings is 2. The van der Waals surface area contributed by atoms with Crippen molar-refractivity contribution in [3.63, 3.8) is 0 Å². The lowest BCUT2D eigenvalue weighted by Gasteiger charge is -2.19. The zero-order chi connectivity index (χ0) is 30.9. The monoisotopic (exact) mass is 653 g/mol. The van der Waals surface area contributed by atoms with Crippen molar-refractivity contribution in [3.05, 3.63) is 97.6 Å². The molecular formula is C24H12Cl3F10N3O. The van der Waals surface area contributed by atoms with Crippen LogP contribution in [0.4, 0.5) is 49.7 Å². The lowest BCUT2D eigenvalue weighted by Crippen LogP contribution is -2.32. The molecule has 0 spiro atoms. The Bertz CT molecular complexity index is 1460. The Balaban J connectivity index is 1.96. The zero-order valence-electron chi connectivity index (χ0n) is 19.5. The maximum absolute atomic E-state index is 15.0. The Morgan fingerprint density at radius 2 is 1.46 bits per heavy atom. The van der Waals surface area contributed by atoms with Crippen molar-refractivity contribution in [1.82, 2.24) is 10.4 Å². The van der Waals surface area contributed by atoms with E-state index >= 15 is 0 Å². The number of amides is 1. The molecule has 0 saturated carbocycles. The van der Waals surface area contributed by atoms with Crippen LogP contribution in [0.3, 0.4) is 0 Å². The summed E-state index contributed by atoms with van der Waals surface area (Å²) in [6.07, 6.45) is -15.3. The molecule has 1 heterocycles. The van der Waals surface area contributed by atoms with Gasteiger partial charge in [0.1, 0.15) is 23.3 Å². The molecule has 2 aromatic carbocycles. The number of nitrogens with zero attached hydrogens (tertiary/aromatic N) is 1. The lowest BCUT2D eigenvalue weighted by atomic mass is 9.95. The summed E-state index contributed by atoms with van der Waals surface area (Å²) in [6, 6.07) is 5.19. The van der Waals surface area contributed by atoms with Gasteiger partial charge in [0.2, 0.25) is 0 Å². The van der Waals surface area contributed by atoms with Gasteiger partial charge in [0, 0.05) is 5.56 Å². The van der Waals surface area contributed by atoms with Crippen molar-refractivity contribution in [3.8, 4) is 0 Å². The van der Waals surface area contributed by atoms with Crippen LogP contribution in [0.1, 0.15) is 38.7 Å². The second kappa shape index (κ2) is 11.9. The number of carbonyl (C=O) groups is 1. The lowest BCUT2D eigenvalue weighted by molar-refractivity contribution is -0.141. The SMILES string of the molecule is O=C(NNc1cccc(C(F)(F)F)n1)c1ccc(C(F)=CC(c2cc(Cl)c(Cl)c(Cl)c2)C(F)(F)F)cc1C(F)(F)F. The molecule has 17 heteroatoms. The number of anilines is 1. The smallest absolute Gasteiger partial charge is 0.282 e. The highest BCUT2D eigenvalue weighted by atomic mass is 35.5. The number of rotatable bonds is 6. The van der Waals surface area contributed by atoms with E-state index < -0.39 is 69.9 Å². The van der Waals surface area contributed by atoms with Gasteiger partial charge in [0.05, 0.1) is 26.2 Å². The zero-order valence-corrected chi connectivity index (χ0v) is 21.8. The van der Waals surface area contributed by atoms with Crippen LogP contribution in [0.15, 0.2) is 54.6 Å². The summed E-state index contributed by atoms with van der Waals surface area (Å²) < 4.78 is 136. The molecule has 4 nitrogen and oxygen atoms in total. The van der Waals surface area contributed by atoms with E-state index in [1.165, 1.54) is 0 Å². The number of hydrogen-bond donors (Lipinski definition) is 2. The first kappa shape index (κ1) is 32.3. The van der Waals surface area contributed by atoms with Crippen LogP contribution in [0, 0.1) is 0 Å². The second-order valence-corrected chi connectivity index (χ2v) is 9.27. The quantitative estimate of drug-likeness (QED) is 0.158. The van der Waals surface area contributed by atoms with Gasteiger partial charge in [-0.05, 0) is 48.0 Å². The first-order valence-corrected chi connectivity index (χ1v) is 11.8. The van der Waals surface area contributed by atoms with Gasteiger partial charge in [-0.3, -0.25) is 15.6 Å². The Kier molecular flexibility index (Phi) is 9.40. The fourth-order valence-electron chi connectivity index (χ4n) is 3.35. The van der Waals surface area contributed by atoms with E-state index in [2.05, 4.69) is 4.98 Å². The van der Waals surface area contributed by atoms with E-state index in [9.17, 15) is 48.7 Å². The summed E-state index contributed by atoms with van der Waals surface area (Å²) in [5, 5.41) is -1.05. The summed E-state index contributed by atoms with van der Waals surface area (Å²) in [5.74, 6) is -6.55. The summed E-state index contributed by atoms with van der Waals surface area (Å²) in [4.78, 5) is 15.6. The van der Waals surface area contributed by atoms with Crippen LogP contribution in [0.2, 0.25) is 15.1 Å². The molecule has 2 N–H and O–H groups in total. The van der Waals surface area contributed by atoms with Crippen LogP contribution in [-0.4, -0.2) is 17.1 Å². The molecule has 1 atom stereocenters. The Hall–Kier alpha value is -3.23. The highest BCUT2D eigenvalue weighted by molar-refractivity contribution is 6.48. The van der Waals surface area contributed by atoms with Gasteiger partial charge < -0.3 is 0 Å². The van der Waals surface area contributed by atoms with Crippen LogP contribution < -0.4 is 10.9 Å². The van der Waals surface area contributed by atoms with Gasteiger partial charge in [-0.1, -0.05) is 46.9 Å². The number of hydrazine groups is 1. The minimum Gasteiger partial charge on any atom is -0.282 e. The van der Waals surface area contributed by atoms with Gasteiger partial charge >= 0.3 is 18.5 Å². The largest absolute Gasteiger partial charge is 0.433 e. The standard InChI is InChI=1S/C24H12Cl3F10N3O/c25-15-7-11(8-16(26)20(15)27)13(22(29,30)31)9-17(28)10-4-5-12(14(6-10)23(32,33)34)21(41)40-39-19-3-1-2-18(38-19)24(35,36)37/h1-9,13H,(H,38,39)(H,40,41). The molecule has 1 unspecified atom stereocenters. The molecule has 41 heavy (non-hydrogen) atoms. The molecule has 1 amide bonds. The van der Waals surface area contributed by atoms with E-state index in [0.717, 1.165) is 24.3 Å². The maximum atomic E-state index is 15.0. The first-order chi connectivity index (χ1) is 18.8. The average Bonchev–Trinajstić information content (AvgIpc) is 2.86. The number of halogens is 13. The van der Waals surface area contributed by atoms with Crippen molar-refractivity contribution >= 4 is 52.4 Å². The van der Waals surface area contributed by atoms with Crippen molar-refractivity contribution in [2.75, 3.05) is 5.43 Å². The van der Waals surface area contributed by atoms with Crippen molar-refractivity contribution in [1.29, 1.82) is 0 Å². The fourth-order valence-corrected chi connectivity index (χ4v) is 3.97. The molecule has 3 rings (SSSR count). The van der Waals surface area contributed by atoms with Crippen LogP contribution in [0.25, 0.3) is 5.83 Å². The molecule has 0 aliphatic rings. The van der Waals surface area contributed by atoms with Crippen LogP contribution >= 0.6 is 34.8 Å². The molecule has 0 aliphatic heterocycles. The van der Waals surface area contributed by atoms with E-state index in [1.807, 2.05) is 5.43 Å². The first-order valence-electron chi connectivity index (χ1n) is 10.7. The Morgan fingerprint density at radius 3 is 2.00 bits per heavy atom. The molecular weight excluding hydrogens is 643 g/mol. The molecule has 0 saturated heterocycles. The van der Waals surface area contributed by atoms with Gasteiger partial charge in [-0.25, -0.2) is 9.37 Å². The summed E-state index contributed by atoms with van der Waals surface area (Å²) >= 11 is 17.2. The number of alkyl halides is 9. The molecule has 1 aromatic heterocycles. The second-order valence-electron chi connectivity index (χ2n) is 8.08. The number of aromatic nitrogens is 1. The Morgan fingerprint density at radius 1 is 0.854 bits per heavy atom. The third-order valence-corrected chi connectivity index (χ3v) is 6.42. The number of hydrogen-bond acceptors (Lipinski definition) is 3. The van der Waals surface area contributed by atoms with E-state index in [1.54, 1.807) is 5.43 Å². The Labute approximate surface area is 238 Å². The summed E-state index contributed by atoms with van der Waals surface area (Å²) in [7, 11) is 0. The van der Waals surface area contributed by atoms with Gasteiger partial charge in [0.15, 0.2) is 0 Å². The summed E-state index contributed by atoms with van der Waals surface area (Å²) in [5.41, 5.74) is -2.21. The van der Waals surface area contributed by atoms with E-state index in [0.29, 0.717) is 18.2 Å². The average molecular weight is 655 g/mol. The van der Waals surface area contributed by atoms with Gasteiger partial charge in [0.25, 0.3) is 5.91 Å². The van der Waals surface area contributed by atoms with Gasteiger partial charge in [-0.15, -0.1) is 0 Å². The predicted octanol–water partition coefficient (Wildman–Crippen LogP) is 9.49. The third-order valence-electron chi connectivity index (χ3n) is 5.22. The molecule has 0 radical (unpaired) electrons. The predicted molar refractivity (Wildman–Crippen MR) is 131 cm³/mol. The highest BCUT2D eigenvalue weighted by Gasteiger charge is 2.41. The van der Waals surface area contributed by atoms with Crippen LogP contribution in [0.5, 0.6) is 0 Å². The topological polar surface area (TPSA) is 54.0 Å². The maximum Gasteiger partial charge on any atom is 0.433 e.